The number of nitriles is 1. The Morgan fingerprint density at radius 1 is 1.00 bits per heavy atom. The summed E-state index contributed by atoms with van der Waals surface area (Å²) >= 11 is 7.42. The van der Waals surface area contributed by atoms with E-state index in [1.165, 1.54) is 0 Å². The standard InChI is InChI=1S/C25H20ClN4O2S/c26-21-19(14-27)17-12-7-13-18(17)23(30-21)33-25(24(29)32,16-10-5-2-6-11-16)20(22(28)31)15-8-3-1-4-9-15/h1-6,8-11H,7,12-13H2,(H2,28,31)(H2,29,32). The molecule has 4 N–H and O–H groups in total. The van der Waals surface area contributed by atoms with Crippen molar-refractivity contribution < 1.29 is 9.59 Å². The van der Waals surface area contributed by atoms with E-state index in [9.17, 15) is 14.9 Å². The second-order valence-corrected chi connectivity index (χ2v) is 9.19. The highest BCUT2D eigenvalue weighted by atomic mass is 35.5. The Morgan fingerprint density at radius 2 is 1.61 bits per heavy atom. The molecule has 0 aliphatic heterocycles. The lowest BCUT2D eigenvalue weighted by Gasteiger charge is -2.36. The lowest BCUT2D eigenvalue weighted by molar-refractivity contribution is -0.123. The minimum atomic E-state index is -1.67. The molecule has 1 atom stereocenters. The maximum absolute atomic E-state index is 13.3. The van der Waals surface area contributed by atoms with E-state index < -0.39 is 16.6 Å². The molecule has 0 spiro atoms. The molecule has 1 aromatic heterocycles. The number of benzene rings is 2. The van der Waals surface area contributed by atoms with Crippen LogP contribution in [0.3, 0.4) is 0 Å². The number of hydrogen-bond acceptors (Lipinski definition) is 5. The Bertz CT molecular complexity index is 1260. The average Bonchev–Trinajstić information content (AvgIpc) is 3.29. The number of pyridine rings is 1. The van der Waals surface area contributed by atoms with Crippen LogP contribution < -0.4 is 11.5 Å². The molecule has 8 heteroatoms. The van der Waals surface area contributed by atoms with Gasteiger partial charge in [-0.2, -0.15) is 5.26 Å². The SMILES string of the molecule is N#Cc1c(Cl)nc(SC([C](C(N)=O)c2ccccc2)(C(N)=O)c2ccccc2)c2c1CCC2. The summed E-state index contributed by atoms with van der Waals surface area (Å²) in [5.74, 6) is -1.47. The van der Waals surface area contributed by atoms with E-state index in [4.69, 9.17) is 23.1 Å². The smallest absolute Gasteiger partial charge is 0.240 e. The van der Waals surface area contributed by atoms with Crippen molar-refractivity contribution in [1.82, 2.24) is 4.98 Å². The van der Waals surface area contributed by atoms with E-state index in [0.29, 0.717) is 34.6 Å². The highest BCUT2D eigenvalue weighted by Gasteiger charge is 2.52. The zero-order chi connectivity index (χ0) is 23.6. The van der Waals surface area contributed by atoms with Gasteiger partial charge in [-0.1, -0.05) is 84.0 Å². The zero-order valence-electron chi connectivity index (χ0n) is 17.5. The van der Waals surface area contributed by atoms with Crippen molar-refractivity contribution in [2.75, 3.05) is 0 Å². The highest BCUT2D eigenvalue weighted by molar-refractivity contribution is 8.01. The fourth-order valence-electron chi connectivity index (χ4n) is 4.30. The van der Waals surface area contributed by atoms with E-state index in [0.717, 1.165) is 29.3 Å². The van der Waals surface area contributed by atoms with Gasteiger partial charge in [0, 0.05) is 0 Å². The number of aromatic nitrogens is 1. The first kappa shape index (κ1) is 22.8. The number of nitrogens with two attached hydrogens (primary N) is 2. The van der Waals surface area contributed by atoms with E-state index in [1.807, 2.05) is 0 Å². The normalized spacial score (nSPS) is 14.3. The van der Waals surface area contributed by atoms with Gasteiger partial charge in [0.2, 0.25) is 11.8 Å². The predicted octanol–water partition coefficient (Wildman–Crippen LogP) is 3.68. The Kier molecular flexibility index (Phi) is 6.41. The van der Waals surface area contributed by atoms with Gasteiger partial charge in [0.25, 0.3) is 0 Å². The average molecular weight is 476 g/mol. The van der Waals surface area contributed by atoms with Crippen LogP contribution in [0.4, 0.5) is 0 Å². The van der Waals surface area contributed by atoms with Crippen molar-refractivity contribution >= 4 is 35.2 Å². The molecule has 2 amide bonds. The molecule has 0 fully saturated rings. The number of amides is 2. The number of hydrogen-bond donors (Lipinski definition) is 2. The van der Waals surface area contributed by atoms with Crippen LogP contribution in [0.2, 0.25) is 5.15 Å². The molecule has 4 rings (SSSR count). The van der Waals surface area contributed by atoms with Crippen molar-refractivity contribution in [1.29, 1.82) is 5.26 Å². The first-order chi connectivity index (χ1) is 15.9. The molecule has 6 nitrogen and oxygen atoms in total. The second-order valence-electron chi connectivity index (χ2n) is 7.62. The predicted molar refractivity (Wildman–Crippen MR) is 127 cm³/mol. The minimum absolute atomic E-state index is 0.0563. The molecule has 0 saturated carbocycles. The molecule has 1 heterocycles. The van der Waals surface area contributed by atoms with Gasteiger partial charge in [-0.3, -0.25) is 9.59 Å². The fraction of sp³-hybridized carbons (Fsp3) is 0.160. The Hall–Kier alpha value is -3.34. The number of rotatable bonds is 7. The quantitative estimate of drug-likeness (QED) is 0.398. The summed E-state index contributed by atoms with van der Waals surface area (Å²) in [6.07, 6.45) is 2.20. The van der Waals surface area contributed by atoms with Crippen molar-refractivity contribution in [3.8, 4) is 6.07 Å². The van der Waals surface area contributed by atoms with Crippen molar-refractivity contribution in [3.05, 3.63) is 99.6 Å². The van der Waals surface area contributed by atoms with E-state index in [-0.39, 0.29) is 11.1 Å². The lowest BCUT2D eigenvalue weighted by atomic mass is 9.79. The molecule has 1 radical (unpaired) electrons. The van der Waals surface area contributed by atoms with Crippen molar-refractivity contribution in [3.63, 3.8) is 0 Å². The molecule has 0 bridgehead atoms. The summed E-state index contributed by atoms with van der Waals surface area (Å²) in [5, 5.41) is 10.1. The van der Waals surface area contributed by atoms with Crippen LogP contribution in [0.5, 0.6) is 0 Å². The van der Waals surface area contributed by atoms with Crippen molar-refractivity contribution in [2.45, 2.75) is 29.0 Å². The van der Waals surface area contributed by atoms with Gasteiger partial charge in [0.15, 0.2) is 0 Å². The van der Waals surface area contributed by atoms with Crippen LogP contribution >= 0.6 is 23.4 Å². The third-order valence-corrected chi connectivity index (χ3v) is 7.49. The van der Waals surface area contributed by atoms with Crippen LogP contribution in [-0.4, -0.2) is 16.8 Å². The number of carbonyl (C=O) groups excluding carboxylic acids is 2. The topological polar surface area (TPSA) is 123 Å². The number of halogens is 1. The van der Waals surface area contributed by atoms with Crippen molar-refractivity contribution in [2.24, 2.45) is 11.5 Å². The summed E-state index contributed by atoms with van der Waals surface area (Å²) < 4.78 is -1.67. The molecule has 2 aromatic carbocycles. The van der Waals surface area contributed by atoms with Crippen LogP contribution in [0, 0.1) is 17.2 Å². The number of nitrogens with zero attached hydrogens (tertiary/aromatic N) is 2. The monoisotopic (exact) mass is 475 g/mol. The fourth-order valence-corrected chi connectivity index (χ4v) is 6.04. The van der Waals surface area contributed by atoms with Gasteiger partial charge in [-0.15, -0.1) is 0 Å². The summed E-state index contributed by atoms with van der Waals surface area (Å²) in [6, 6.07) is 19.7. The number of primary amides is 2. The molecule has 1 aliphatic carbocycles. The van der Waals surface area contributed by atoms with Gasteiger partial charge < -0.3 is 11.5 Å². The largest absolute Gasteiger partial charge is 0.369 e. The summed E-state index contributed by atoms with van der Waals surface area (Å²) in [6.45, 7) is 0. The van der Waals surface area contributed by atoms with Crippen LogP contribution in [0.25, 0.3) is 0 Å². The highest BCUT2D eigenvalue weighted by Crippen LogP contribution is 2.52. The molecule has 33 heavy (non-hydrogen) atoms. The zero-order valence-corrected chi connectivity index (χ0v) is 19.1. The van der Waals surface area contributed by atoms with Gasteiger partial charge in [-0.25, -0.2) is 4.98 Å². The number of thioether (sulfide) groups is 1. The molecular formula is C25H20ClN4O2S. The second kappa shape index (κ2) is 9.26. The van der Waals surface area contributed by atoms with Gasteiger partial charge in [-0.05, 0) is 41.5 Å². The molecule has 1 unspecified atom stereocenters. The molecule has 0 saturated heterocycles. The lowest BCUT2D eigenvalue weighted by Crippen LogP contribution is -2.49. The molecule has 1 aliphatic rings. The number of carbonyl (C=O) groups is 2. The summed E-state index contributed by atoms with van der Waals surface area (Å²) in [4.78, 5) is 30.7. The minimum Gasteiger partial charge on any atom is -0.369 e. The Labute approximate surface area is 201 Å². The van der Waals surface area contributed by atoms with Crippen LogP contribution in [0.1, 0.15) is 34.2 Å². The van der Waals surface area contributed by atoms with Crippen LogP contribution in [-0.2, 0) is 27.2 Å². The maximum Gasteiger partial charge on any atom is 0.240 e. The van der Waals surface area contributed by atoms with E-state index in [2.05, 4.69) is 11.1 Å². The molecular weight excluding hydrogens is 456 g/mol. The summed E-state index contributed by atoms with van der Waals surface area (Å²) in [7, 11) is 0. The third kappa shape index (κ3) is 3.97. The maximum atomic E-state index is 13.3. The van der Waals surface area contributed by atoms with Gasteiger partial charge in [0.05, 0.1) is 5.56 Å². The molecule has 3 aromatic rings. The number of fused-ring (bicyclic) bond motifs is 1. The molecule has 165 valence electrons. The first-order valence-electron chi connectivity index (χ1n) is 10.3. The van der Waals surface area contributed by atoms with E-state index >= 15 is 0 Å². The van der Waals surface area contributed by atoms with Crippen LogP contribution in [0.15, 0.2) is 65.7 Å². The Morgan fingerprint density at radius 3 is 2.18 bits per heavy atom. The Balaban J connectivity index is 2.00. The van der Waals surface area contributed by atoms with Gasteiger partial charge in [0.1, 0.15) is 26.9 Å². The first-order valence-corrected chi connectivity index (χ1v) is 11.5. The van der Waals surface area contributed by atoms with E-state index in [1.54, 1.807) is 60.7 Å². The van der Waals surface area contributed by atoms with Gasteiger partial charge >= 0.3 is 0 Å². The summed E-state index contributed by atoms with van der Waals surface area (Å²) in [5.41, 5.74) is 14.9. The third-order valence-electron chi connectivity index (χ3n) is 5.73.